The Morgan fingerprint density at radius 1 is 0.321 bits per heavy atom. The van der Waals surface area contributed by atoms with Crippen molar-refractivity contribution in [2.75, 3.05) is 0 Å². The largest absolute Gasteiger partial charge is 0.456 e. The van der Waals surface area contributed by atoms with Gasteiger partial charge >= 0.3 is 0 Å². The molecule has 11 rings (SSSR count). The Morgan fingerprint density at radius 3 is 1.50 bits per heavy atom. The summed E-state index contributed by atoms with van der Waals surface area (Å²) in [6.07, 6.45) is 0. The van der Waals surface area contributed by atoms with Gasteiger partial charge in [-0.25, -0.2) is 15.0 Å². The van der Waals surface area contributed by atoms with Crippen LogP contribution in [0.15, 0.2) is 192 Å². The van der Waals surface area contributed by atoms with E-state index < -0.39 is 0 Å². The molecule has 3 heterocycles. The number of fused-ring (bicyclic) bond motifs is 6. The fraction of sp³-hybridized carbons (Fsp3) is 0. The molecule has 0 amide bonds. The number of hydrogen-bond acceptors (Lipinski definition) is 5. The fourth-order valence-electron chi connectivity index (χ4n) is 7.79. The average molecular weight is 734 g/mol. The van der Waals surface area contributed by atoms with Gasteiger partial charge in [-0.1, -0.05) is 152 Å². The quantitative estimate of drug-likeness (QED) is 0.171. The smallest absolute Gasteiger partial charge is 0.164 e. The first kappa shape index (κ1) is 32.2. The van der Waals surface area contributed by atoms with Crippen molar-refractivity contribution in [1.29, 1.82) is 0 Å². The molecule has 0 radical (unpaired) electrons. The minimum absolute atomic E-state index is 0.612. The van der Waals surface area contributed by atoms with Crippen LogP contribution in [0.5, 0.6) is 0 Å². The summed E-state index contributed by atoms with van der Waals surface area (Å²) in [5.74, 6) is 1.87. The summed E-state index contributed by atoms with van der Waals surface area (Å²) in [6.45, 7) is 0. The molecule has 11 aromatic rings. The SMILES string of the molecule is c1ccc(-c2cccc(-c3cccc(-c4ccc5c(c4)sc4cc(-c6nc(-c7ccccc7)nc(-c7cccc8oc9ccccc9c78)n6)ccc45)c3)c2)cc1. The average Bonchev–Trinajstić information content (AvgIpc) is 3.85. The van der Waals surface area contributed by atoms with Gasteiger partial charge in [0.25, 0.3) is 0 Å². The maximum Gasteiger partial charge on any atom is 0.164 e. The molecule has 0 spiro atoms. The summed E-state index contributed by atoms with van der Waals surface area (Å²) in [5, 5.41) is 4.50. The van der Waals surface area contributed by atoms with Crippen LogP contribution in [0.3, 0.4) is 0 Å². The number of rotatable bonds is 6. The summed E-state index contributed by atoms with van der Waals surface area (Å²) in [4.78, 5) is 15.3. The van der Waals surface area contributed by atoms with Crippen molar-refractivity contribution in [3.05, 3.63) is 188 Å². The van der Waals surface area contributed by atoms with E-state index in [0.717, 1.165) is 38.6 Å². The van der Waals surface area contributed by atoms with Crippen molar-refractivity contribution < 1.29 is 4.42 Å². The monoisotopic (exact) mass is 733 g/mol. The highest BCUT2D eigenvalue weighted by atomic mass is 32.1. The van der Waals surface area contributed by atoms with Gasteiger partial charge < -0.3 is 4.42 Å². The lowest BCUT2D eigenvalue weighted by molar-refractivity contribution is 0.669. The molecule has 262 valence electrons. The maximum absolute atomic E-state index is 6.23. The summed E-state index contributed by atoms with van der Waals surface area (Å²) in [7, 11) is 0. The van der Waals surface area contributed by atoms with Crippen molar-refractivity contribution in [3.63, 3.8) is 0 Å². The van der Waals surface area contributed by atoms with E-state index >= 15 is 0 Å². The van der Waals surface area contributed by atoms with Crippen LogP contribution < -0.4 is 0 Å². The van der Waals surface area contributed by atoms with Gasteiger partial charge in [0.05, 0.1) is 0 Å². The summed E-state index contributed by atoms with van der Waals surface area (Å²) in [6, 6.07) is 65.9. The van der Waals surface area contributed by atoms with Crippen LogP contribution in [0, 0.1) is 0 Å². The van der Waals surface area contributed by atoms with Gasteiger partial charge in [0.2, 0.25) is 0 Å². The van der Waals surface area contributed by atoms with E-state index in [1.54, 1.807) is 11.3 Å². The second kappa shape index (κ2) is 13.3. The van der Waals surface area contributed by atoms with Crippen molar-refractivity contribution in [1.82, 2.24) is 15.0 Å². The first-order valence-corrected chi connectivity index (χ1v) is 19.5. The van der Waals surface area contributed by atoms with Crippen LogP contribution in [0.1, 0.15) is 0 Å². The minimum Gasteiger partial charge on any atom is -0.456 e. The number of nitrogens with zero attached hydrogens (tertiary/aromatic N) is 3. The number of thiophene rings is 1. The Labute approximate surface area is 327 Å². The zero-order chi connectivity index (χ0) is 37.0. The predicted octanol–water partition coefficient (Wildman–Crippen LogP) is 14.1. The molecule has 0 N–H and O–H groups in total. The van der Waals surface area contributed by atoms with Gasteiger partial charge in [-0.3, -0.25) is 0 Å². The molecule has 0 unspecified atom stereocenters. The minimum atomic E-state index is 0.612. The Morgan fingerprint density at radius 2 is 0.804 bits per heavy atom. The molecule has 3 aromatic heterocycles. The Balaban J connectivity index is 0.991. The van der Waals surface area contributed by atoms with Gasteiger partial charge in [-0.05, 0) is 69.8 Å². The van der Waals surface area contributed by atoms with Crippen LogP contribution in [0.2, 0.25) is 0 Å². The number of aromatic nitrogens is 3. The third-order valence-electron chi connectivity index (χ3n) is 10.5. The second-order valence-corrected chi connectivity index (χ2v) is 15.1. The van der Waals surface area contributed by atoms with Crippen molar-refractivity contribution in [2.24, 2.45) is 0 Å². The van der Waals surface area contributed by atoms with Crippen LogP contribution in [-0.2, 0) is 0 Å². The molecule has 0 aliphatic carbocycles. The first-order chi connectivity index (χ1) is 27.7. The van der Waals surface area contributed by atoms with E-state index in [2.05, 4.69) is 127 Å². The fourth-order valence-corrected chi connectivity index (χ4v) is 8.97. The van der Waals surface area contributed by atoms with Crippen molar-refractivity contribution in [3.8, 4) is 67.5 Å². The Bertz CT molecular complexity index is 3260. The lowest BCUT2D eigenvalue weighted by atomic mass is 9.96. The topological polar surface area (TPSA) is 51.8 Å². The van der Waals surface area contributed by atoms with E-state index in [-0.39, 0.29) is 0 Å². The highest BCUT2D eigenvalue weighted by molar-refractivity contribution is 7.25. The summed E-state index contributed by atoms with van der Waals surface area (Å²) >= 11 is 1.80. The van der Waals surface area contributed by atoms with Crippen LogP contribution in [0.4, 0.5) is 0 Å². The number of furan rings is 1. The summed E-state index contributed by atoms with van der Waals surface area (Å²) < 4.78 is 8.66. The van der Waals surface area contributed by atoms with Crippen molar-refractivity contribution in [2.45, 2.75) is 0 Å². The molecule has 56 heavy (non-hydrogen) atoms. The first-order valence-electron chi connectivity index (χ1n) is 18.7. The van der Waals surface area contributed by atoms with Crippen LogP contribution in [-0.4, -0.2) is 15.0 Å². The van der Waals surface area contributed by atoms with Crippen LogP contribution in [0.25, 0.3) is 110 Å². The van der Waals surface area contributed by atoms with Gasteiger partial charge in [0.1, 0.15) is 11.2 Å². The molecule has 4 nitrogen and oxygen atoms in total. The predicted molar refractivity (Wildman–Crippen MR) is 233 cm³/mol. The van der Waals surface area contributed by atoms with Gasteiger partial charge in [-0.2, -0.15) is 0 Å². The zero-order valence-electron chi connectivity index (χ0n) is 30.1. The Hall–Kier alpha value is -7.21. The second-order valence-electron chi connectivity index (χ2n) is 14.0. The molecule has 0 bridgehead atoms. The molecule has 0 fully saturated rings. The Kier molecular flexibility index (Phi) is 7.64. The number of hydrogen-bond donors (Lipinski definition) is 0. The molecule has 8 aromatic carbocycles. The molecular formula is C51H31N3OS. The lowest BCUT2D eigenvalue weighted by Crippen LogP contribution is -2.00. The van der Waals surface area contributed by atoms with Gasteiger partial charge in [0.15, 0.2) is 17.5 Å². The standard InChI is InChI=1S/C51H31N3OS/c1-3-12-32(13-4-1)34-16-9-17-35(28-34)36-18-10-19-37(29-36)38-24-26-40-41-27-25-39(31-47(41)56-46(40)30-38)50-52-49(33-14-5-2-6-15-33)53-51(54-50)43-21-11-23-45-48(43)42-20-7-8-22-44(42)55-45/h1-31H. The zero-order valence-corrected chi connectivity index (χ0v) is 30.9. The van der Waals surface area contributed by atoms with E-state index in [0.29, 0.717) is 17.5 Å². The highest BCUT2D eigenvalue weighted by Gasteiger charge is 2.18. The van der Waals surface area contributed by atoms with E-state index in [9.17, 15) is 0 Å². The maximum atomic E-state index is 6.23. The van der Waals surface area contributed by atoms with E-state index in [1.165, 1.54) is 53.6 Å². The molecule has 0 aliphatic rings. The molecule has 0 aliphatic heterocycles. The van der Waals surface area contributed by atoms with Crippen molar-refractivity contribution >= 4 is 53.4 Å². The number of benzene rings is 8. The molecule has 0 saturated heterocycles. The van der Waals surface area contributed by atoms with Gasteiger partial charge in [-0.15, -0.1) is 11.3 Å². The van der Waals surface area contributed by atoms with E-state index in [1.807, 2.05) is 60.7 Å². The van der Waals surface area contributed by atoms with E-state index in [4.69, 9.17) is 19.4 Å². The third kappa shape index (κ3) is 5.65. The third-order valence-corrected chi connectivity index (χ3v) is 11.7. The molecule has 0 saturated carbocycles. The normalized spacial score (nSPS) is 11.6. The molecular weight excluding hydrogens is 703 g/mol. The van der Waals surface area contributed by atoms with Crippen LogP contribution >= 0.6 is 11.3 Å². The summed E-state index contributed by atoms with van der Waals surface area (Å²) in [5.41, 5.74) is 11.7. The molecule has 5 heteroatoms. The molecule has 0 atom stereocenters. The lowest BCUT2D eigenvalue weighted by Gasteiger charge is -2.09. The highest BCUT2D eigenvalue weighted by Crippen LogP contribution is 2.40. The van der Waals surface area contributed by atoms with Gasteiger partial charge in [0, 0.05) is 47.6 Å². The number of para-hydroxylation sites is 1.